The van der Waals surface area contributed by atoms with Crippen molar-refractivity contribution < 1.29 is 9.13 Å². The summed E-state index contributed by atoms with van der Waals surface area (Å²) >= 11 is 0. The number of H-pyrrole nitrogens is 1. The van der Waals surface area contributed by atoms with Gasteiger partial charge in [0.2, 0.25) is 0 Å². The maximum absolute atomic E-state index is 14.0. The smallest absolute Gasteiger partial charge is 0.258 e. The summed E-state index contributed by atoms with van der Waals surface area (Å²) in [5.74, 6) is -0.400. The molecule has 0 amide bonds. The molecule has 1 saturated heterocycles. The number of morpholine rings is 1. The second-order valence-corrected chi connectivity index (χ2v) is 4.15. The summed E-state index contributed by atoms with van der Waals surface area (Å²) in [6, 6.07) is 2.86. The van der Waals surface area contributed by atoms with Gasteiger partial charge < -0.3 is 14.6 Å². The van der Waals surface area contributed by atoms with Crippen LogP contribution in [-0.4, -0.2) is 36.3 Å². The molecule has 0 aliphatic carbocycles. The Hall–Kier alpha value is -1.95. The van der Waals surface area contributed by atoms with Crippen molar-refractivity contribution in [2.45, 2.75) is 0 Å². The van der Waals surface area contributed by atoms with E-state index < -0.39 is 5.82 Å². The Bertz CT molecular complexity index is 635. The second kappa shape index (κ2) is 4.38. The molecule has 2 heterocycles. The summed E-state index contributed by atoms with van der Waals surface area (Å²) in [6.45, 7) is 2.46. The number of hydrogen-bond acceptors (Lipinski definition) is 4. The molecule has 1 aliphatic heterocycles. The monoisotopic (exact) mass is 249 g/mol. The lowest BCUT2D eigenvalue weighted by Crippen LogP contribution is -2.36. The molecule has 0 atom stereocenters. The van der Waals surface area contributed by atoms with Crippen LogP contribution in [0.5, 0.6) is 0 Å². The van der Waals surface area contributed by atoms with E-state index in [-0.39, 0.29) is 10.9 Å². The zero-order valence-corrected chi connectivity index (χ0v) is 9.65. The highest BCUT2D eigenvalue weighted by Crippen LogP contribution is 2.23. The Morgan fingerprint density at radius 3 is 2.89 bits per heavy atom. The van der Waals surface area contributed by atoms with Crippen LogP contribution in [0.25, 0.3) is 10.9 Å². The first-order valence-electron chi connectivity index (χ1n) is 5.75. The first kappa shape index (κ1) is 11.2. The van der Waals surface area contributed by atoms with E-state index in [2.05, 4.69) is 9.97 Å². The third-order valence-corrected chi connectivity index (χ3v) is 3.06. The fourth-order valence-electron chi connectivity index (χ4n) is 2.12. The van der Waals surface area contributed by atoms with Crippen LogP contribution in [0.1, 0.15) is 0 Å². The van der Waals surface area contributed by atoms with Gasteiger partial charge in [0.1, 0.15) is 5.82 Å². The minimum absolute atomic E-state index is 0.270. The molecule has 0 unspecified atom stereocenters. The number of benzene rings is 1. The zero-order valence-electron chi connectivity index (χ0n) is 9.65. The van der Waals surface area contributed by atoms with E-state index in [0.29, 0.717) is 37.5 Å². The number of hydrogen-bond donors (Lipinski definition) is 1. The van der Waals surface area contributed by atoms with Crippen LogP contribution in [0.3, 0.4) is 0 Å². The molecular weight excluding hydrogens is 237 g/mol. The highest BCUT2D eigenvalue weighted by Gasteiger charge is 2.16. The molecule has 1 aliphatic rings. The number of nitrogens with one attached hydrogen (secondary N) is 1. The zero-order chi connectivity index (χ0) is 12.5. The van der Waals surface area contributed by atoms with E-state index >= 15 is 0 Å². The lowest BCUT2D eigenvalue weighted by Gasteiger charge is -2.29. The van der Waals surface area contributed by atoms with Gasteiger partial charge in [-0.1, -0.05) is 0 Å². The number of ether oxygens (including phenoxy) is 1. The molecule has 0 saturated carbocycles. The molecule has 0 spiro atoms. The molecule has 94 valence electrons. The minimum Gasteiger partial charge on any atom is -0.378 e. The Morgan fingerprint density at radius 2 is 2.11 bits per heavy atom. The van der Waals surface area contributed by atoms with Gasteiger partial charge in [-0.05, 0) is 12.1 Å². The summed E-state index contributed by atoms with van der Waals surface area (Å²) in [5, 5.41) is 0.270. The summed E-state index contributed by atoms with van der Waals surface area (Å²) in [4.78, 5) is 19.9. The highest BCUT2D eigenvalue weighted by molar-refractivity contribution is 5.81. The van der Waals surface area contributed by atoms with Crippen LogP contribution >= 0.6 is 0 Å². The van der Waals surface area contributed by atoms with Crippen molar-refractivity contribution in [3.05, 3.63) is 34.6 Å². The number of aromatic nitrogens is 2. The summed E-state index contributed by atoms with van der Waals surface area (Å²) in [7, 11) is 0. The van der Waals surface area contributed by atoms with Crippen LogP contribution in [0.15, 0.2) is 23.3 Å². The molecule has 6 heteroatoms. The van der Waals surface area contributed by atoms with Gasteiger partial charge in [-0.2, -0.15) is 0 Å². The Morgan fingerprint density at radius 1 is 1.33 bits per heavy atom. The average Bonchev–Trinajstić information content (AvgIpc) is 2.40. The van der Waals surface area contributed by atoms with Crippen molar-refractivity contribution in [2.75, 3.05) is 31.2 Å². The van der Waals surface area contributed by atoms with Crippen LogP contribution < -0.4 is 10.5 Å². The predicted molar refractivity (Wildman–Crippen MR) is 65.4 cm³/mol. The van der Waals surface area contributed by atoms with Crippen molar-refractivity contribution in [2.24, 2.45) is 0 Å². The SMILES string of the molecule is O=c1[nH]cnc2cc(N3CCOCC3)c(F)cc12. The van der Waals surface area contributed by atoms with Crippen LogP contribution in [0, 0.1) is 5.82 Å². The van der Waals surface area contributed by atoms with Crippen molar-refractivity contribution in [1.82, 2.24) is 9.97 Å². The molecule has 2 aromatic rings. The van der Waals surface area contributed by atoms with Gasteiger partial charge in [0, 0.05) is 13.1 Å². The molecule has 3 rings (SSSR count). The molecule has 1 aromatic heterocycles. The van der Waals surface area contributed by atoms with Gasteiger partial charge in [-0.3, -0.25) is 4.79 Å². The molecule has 18 heavy (non-hydrogen) atoms. The quantitative estimate of drug-likeness (QED) is 0.815. The lowest BCUT2D eigenvalue weighted by molar-refractivity contribution is 0.122. The van der Waals surface area contributed by atoms with Crippen molar-refractivity contribution in [3.8, 4) is 0 Å². The summed E-state index contributed by atoms with van der Waals surface area (Å²) < 4.78 is 19.3. The second-order valence-electron chi connectivity index (χ2n) is 4.15. The standard InChI is InChI=1S/C12H12FN3O2/c13-9-5-8-10(14-7-15-12(8)17)6-11(9)16-1-3-18-4-2-16/h5-7H,1-4H2,(H,14,15,17). The predicted octanol–water partition coefficient (Wildman–Crippen LogP) is 0.899. The van der Waals surface area contributed by atoms with E-state index in [1.807, 2.05) is 4.90 Å². The van der Waals surface area contributed by atoms with E-state index in [4.69, 9.17) is 4.74 Å². The molecule has 0 bridgehead atoms. The number of halogens is 1. The summed E-state index contributed by atoms with van der Waals surface area (Å²) in [5.41, 5.74) is 0.651. The van der Waals surface area contributed by atoms with Crippen molar-refractivity contribution in [1.29, 1.82) is 0 Å². The number of aromatic amines is 1. The average molecular weight is 249 g/mol. The van der Waals surface area contributed by atoms with E-state index in [9.17, 15) is 9.18 Å². The van der Waals surface area contributed by atoms with Crippen molar-refractivity contribution >= 4 is 16.6 Å². The van der Waals surface area contributed by atoms with Gasteiger partial charge in [0.15, 0.2) is 0 Å². The Balaban J connectivity index is 2.12. The van der Waals surface area contributed by atoms with Crippen LogP contribution in [0.4, 0.5) is 10.1 Å². The van der Waals surface area contributed by atoms with Gasteiger partial charge in [0.25, 0.3) is 5.56 Å². The topological polar surface area (TPSA) is 58.2 Å². The third kappa shape index (κ3) is 1.84. The fourth-order valence-corrected chi connectivity index (χ4v) is 2.12. The molecule has 1 fully saturated rings. The number of rotatable bonds is 1. The van der Waals surface area contributed by atoms with Gasteiger partial charge >= 0.3 is 0 Å². The summed E-state index contributed by atoms with van der Waals surface area (Å²) in [6.07, 6.45) is 1.33. The Labute approximate surface area is 102 Å². The van der Waals surface area contributed by atoms with E-state index in [0.717, 1.165) is 0 Å². The third-order valence-electron chi connectivity index (χ3n) is 3.06. The van der Waals surface area contributed by atoms with Gasteiger partial charge in [-0.15, -0.1) is 0 Å². The number of nitrogens with zero attached hydrogens (tertiary/aromatic N) is 2. The number of anilines is 1. The minimum atomic E-state index is -0.400. The van der Waals surface area contributed by atoms with E-state index in [1.54, 1.807) is 6.07 Å². The number of fused-ring (bicyclic) bond motifs is 1. The van der Waals surface area contributed by atoms with E-state index in [1.165, 1.54) is 12.4 Å². The van der Waals surface area contributed by atoms with Gasteiger partial charge in [0.05, 0.1) is 36.1 Å². The van der Waals surface area contributed by atoms with Crippen LogP contribution in [-0.2, 0) is 4.74 Å². The molecule has 0 radical (unpaired) electrons. The lowest BCUT2D eigenvalue weighted by atomic mass is 10.2. The first-order valence-corrected chi connectivity index (χ1v) is 5.75. The van der Waals surface area contributed by atoms with Gasteiger partial charge in [-0.25, -0.2) is 9.37 Å². The highest BCUT2D eigenvalue weighted by atomic mass is 19.1. The molecule has 5 nitrogen and oxygen atoms in total. The first-order chi connectivity index (χ1) is 8.75. The maximum Gasteiger partial charge on any atom is 0.258 e. The fraction of sp³-hybridized carbons (Fsp3) is 0.333. The molecule has 1 N–H and O–H groups in total. The Kier molecular flexibility index (Phi) is 2.71. The van der Waals surface area contributed by atoms with Crippen LogP contribution in [0.2, 0.25) is 0 Å². The largest absolute Gasteiger partial charge is 0.378 e. The molecular formula is C12H12FN3O2. The molecule has 1 aromatic carbocycles. The normalized spacial score (nSPS) is 16.2. The van der Waals surface area contributed by atoms with Crippen molar-refractivity contribution in [3.63, 3.8) is 0 Å². The maximum atomic E-state index is 14.0.